The molecule has 5 aromatic rings. The average Bonchev–Trinajstić information content (AvgIpc) is 3.67. The maximum absolute atomic E-state index is 6.83. The number of hydrogen-bond donors (Lipinski definition) is 0. The van der Waals surface area contributed by atoms with Crippen molar-refractivity contribution in [2.45, 2.75) is 57.3 Å². The zero-order chi connectivity index (χ0) is 29.1. The zero-order valence-corrected chi connectivity index (χ0v) is 25.2. The van der Waals surface area contributed by atoms with Crippen LogP contribution in [0.25, 0.3) is 21.9 Å². The fourth-order valence-corrected chi connectivity index (χ4v) is 9.55. The number of para-hydroxylation sites is 2. The second-order valence-electron chi connectivity index (χ2n) is 12.7. The summed E-state index contributed by atoms with van der Waals surface area (Å²) in [6, 6.07) is 22.3. The third-order valence-electron chi connectivity index (χ3n) is 11.3. The van der Waals surface area contributed by atoms with Crippen LogP contribution in [0.3, 0.4) is 0 Å². The smallest absolute Gasteiger partial charge is 0.178 e. The zero-order valence-electron chi connectivity index (χ0n) is 25.2. The van der Waals surface area contributed by atoms with Crippen LogP contribution in [0.15, 0.2) is 89.9 Å². The summed E-state index contributed by atoms with van der Waals surface area (Å²) in [5.41, 5.74) is 6.67. The minimum atomic E-state index is -0.286. The molecule has 7 heteroatoms. The Bertz CT molecular complexity index is 1960. The van der Waals surface area contributed by atoms with Gasteiger partial charge in [-0.1, -0.05) is 62.4 Å². The lowest BCUT2D eigenvalue weighted by atomic mass is 9.49. The van der Waals surface area contributed by atoms with Crippen molar-refractivity contribution < 1.29 is 4.42 Å². The van der Waals surface area contributed by atoms with E-state index in [4.69, 9.17) is 14.4 Å². The predicted molar refractivity (Wildman–Crippen MR) is 173 cm³/mol. The Labute approximate surface area is 252 Å². The third kappa shape index (κ3) is 2.81. The summed E-state index contributed by atoms with van der Waals surface area (Å²) >= 11 is 0. The van der Waals surface area contributed by atoms with Gasteiger partial charge in [-0.2, -0.15) is 0 Å². The monoisotopic (exact) mass is 568 g/mol. The molecule has 0 fully saturated rings. The molecule has 0 bridgehead atoms. The lowest BCUT2D eigenvalue weighted by molar-refractivity contribution is 0.0759. The van der Waals surface area contributed by atoms with E-state index in [1.54, 1.807) is 0 Å². The van der Waals surface area contributed by atoms with Crippen LogP contribution >= 0.6 is 0 Å². The van der Waals surface area contributed by atoms with Crippen molar-refractivity contribution in [3.05, 3.63) is 96.6 Å². The van der Waals surface area contributed by atoms with Gasteiger partial charge in [0.25, 0.3) is 0 Å². The highest BCUT2D eigenvalue weighted by molar-refractivity contribution is 6.10. The summed E-state index contributed by atoms with van der Waals surface area (Å²) in [5, 5.41) is 2.35. The minimum Gasteiger partial charge on any atom is -0.454 e. The van der Waals surface area contributed by atoms with Crippen LogP contribution in [0, 0.1) is 5.41 Å². The molecule has 4 aliphatic rings. The molecule has 3 aromatic carbocycles. The van der Waals surface area contributed by atoms with Crippen LogP contribution in [0.1, 0.15) is 50.7 Å². The van der Waals surface area contributed by atoms with Crippen LogP contribution in [0.2, 0.25) is 0 Å². The van der Waals surface area contributed by atoms with Crippen LogP contribution in [0.5, 0.6) is 0 Å². The number of benzene rings is 3. The standard InChI is InChI=1S/C36H36N6O/c1-5-35(6-2)34-40(4)32-33(38-20-19-37-32)42(34)27-13-9-8-12-25(27)36(35)18-17-29-39(3)21-22-41(29)30-26(36)16-15-24-23-11-7-10-14-28(23)43-31(24)30/h7-16,19-22,29,34H,5-6,17-18H2,1-4H3. The Hall–Kier alpha value is -4.52. The van der Waals surface area contributed by atoms with Crippen LogP contribution < -0.4 is 14.7 Å². The van der Waals surface area contributed by atoms with E-state index in [-0.39, 0.29) is 23.2 Å². The van der Waals surface area contributed by atoms with Gasteiger partial charge in [0, 0.05) is 66.2 Å². The summed E-state index contributed by atoms with van der Waals surface area (Å²) < 4.78 is 6.83. The number of anilines is 4. The van der Waals surface area contributed by atoms with Gasteiger partial charge in [-0.15, -0.1) is 0 Å². The lowest BCUT2D eigenvalue weighted by Crippen LogP contribution is -2.64. The molecule has 0 aliphatic carbocycles. The number of fused-ring (bicyclic) bond motifs is 14. The largest absolute Gasteiger partial charge is 0.454 e. The molecular formula is C36H36N6O. The van der Waals surface area contributed by atoms with Gasteiger partial charge < -0.3 is 24.0 Å². The molecule has 4 aliphatic heterocycles. The summed E-state index contributed by atoms with van der Waals surface area (Å²) in [4.78, 5) is 19.6. The van der Waals surface area contributed by atoms with Gasteiger partial charge >= 0.3 is 0 Å². The maximum Gasteiger partial charge on any atom is 0.178 e. The molecule has 3 unspecified atom stereocenters. The van der Waals surface area contributed by atoms with Crippen molar-refractivity contribution in [3.8, 4) is 0 Å². The highest BCUT2D eigenvalue weighted by Crippen LogP contribution is 2.68. The van der Waals surface area contributed by atoms with Gasteiger partial charge in [0.15, 0.2) is 17.2 Å². The second-order valence-corrected chi connectivity index (χ2v) is 12.7. The average molecular weight is 569 g/mol. The van der Waals surface area contributed by atoms with Crippen molar-refractivity contribution in [2.24, 2.45) is 5.41 Å². The van der Waals surface area contributed by atoms with Crippen LogP contribution in [0.4, 0.5) is 23.0 Å². The predicted octanol–water partition coefficient (Wildman–Crippen LogP) is 7.74. The number of rotatable bonds is 2. The molecule has 0 saturated carbocycles. The molecule has 2 aromatic heterocycles. The fourth-order valence-electron chi connectivity index (χ4n) is 9.55. The van der Waals surface area contributed by atoms with E-state index in [0.29, 0.717) is 0 Å². The lowest BCUT2D eigenvalue weighted by Gasteiger charge is -2.61. The molecule has 6 heterocycles. The molecule has 0 radical (unpaired) electrons. The van der Waals surface area contributed by atoms with E-state index in [1.807, 2.05) is 12.4 Å². The quantitative estimate of drug-likeness (QED) is 0.216. The third-order valence-corrected chi connectivity index (χ3v) is 11.3. The minimum absolute atomic E-state index is 0.0650. The van der Waals surface area contributed by atoms with E-state index in [2.05, 4.69) is 121 Å². The topological polar surface area (TPSA) is 51.9 Å². The maximum atomic E-state index is 6.83. The molecule has 3 atom stereocenters. The SMILES string of the molecule is CCC1(CC)C2N(C)c3nccnc3N2c2ccccc2C12CCC1N(C)C=CN1c1c2ccc2c1oc1ccccc12. The number of hydrogen-bond acceptors (Lipinski definition) is 7. The molecule has 0 amide bonds. The van der Waals surface area contributed by atoms with E-state index < -0.39 is 0 Å². The van der Waals surface area contributed by atoms with E-state index in [9.17, 15) is 0 Å². The van der Waals surface area contributed by atoms with Gasteiger partial charge in [-0.25, -0.2) is 9.97 Å². The normalized spacial score (nSPS) is 24.7. The summed E-state index contributed by atoms with van der Waals surface area (Å²) in [6.45, 7) is 4.79. The Kier molecular flexibility index (Phi) is 4.96. The molecule has 0 saturated heterocycles. The number of nitrogens with zero attached hydrogens (tertiary/aromatic N) is 6. The molecule has 43 heavy (non-hydrogen) atoms. The highest BCUT2D eigenvalue weighted by Gasteiger charge is 2.66. The van der Waals surface area contributed by atoms with Gasteiger partial charge in [-0.05, 0) is 48.9 Å². The first-order valence-corrected chi connectivity index (χ1v) is 15.6. The van der Waals surface area contributed by atoms with Crippen molar-refractivity contribution in [1.29, 1.82) is 0 Å². The first-order chi connectivity index (χ1) is 21.1. The molecule has 9 rings (SSSR count). The number of furan rings is 1. The summed E-state index contributed by atoms with van der Waals surface area (Å²) in [5.74, 6) is 1.91. The first-order valence-electron chi connectivity index (χ1n) is 15.6. The van der Waals surface area contributed by atoms with Gasteiger partial charge in [0.1, 0.15) is 17.9 Å². The highest BCUT2D eigenvalue weighted by atomic mass is 16.3. The molecular weight excluding hydrogens is 532 g/mol. The Morgan fingerprint density at radius 1 is 0.837 bits per heavy atom. The van der Waals surface area contributed by atoms with Gasteiger partial charge in [0.05, 0.1) is 5.69 Å². The van der Waals surface area contributed by atoms with E-state index >= 15 is 0 Å². The number of aromatic nitrogens is 2. The van der Waals surface area contributed by atoms with Crippen molar-refractivity contribution in [2.75, 3.05) is 28.8 Å². The Morgan fingerprint density at radius 2 is 1.60 bits per heavy atom. The first kappa shape index (κ1) is 25.0. The molecule has 7 nitrogen and oxygen atoms in total. The Balaban J connectivity index is 1.44. The summed E-state index contributed by atoms with van der Waals surface area (Å²) in [6.07, 6.45) is 12.5. The summed E-state index contributed by atoms with van der Waals surface area (Å²) in [7, 11) is 4.43. The molecule has 216 valence electrons. The van der Waals surface area contributed by atoms with Crippen molar-refractivity contribution in [3.63, 3.8) is 0 Å². The Morgan fingerprint density at radius 3 is 2.44 bits per heavy atom. The van der Waals surface area contributed by atoms with Gasteiger partial charge in [0.2, 0.25) is 0 Å². The molecule has 1 spiro atoms. The van der Waals surface area contributed by atoms with Crippen molar-refractivity contribution in [1.82, 2.24) is 14.9 Å². The second kappa shape index (κ2) is 8.53. The van der Waals surface area contributed by atoms with E-state index in [0.717, 1.165) is 48.5 Å². The molecule has 0 N–H and O–H groups in total. The van der Waals surface area contributed by atoms with Crippen LogP contribution in [-0.2, 0) is 5.41 Å². The van der Waals surface area contributed by atoms with Gasteiger partial charge in [-0.3, -0.25) is 0 Å². The van der Waals surface area contributed by atoms with Crippen molar-refractivity contribution >= 4 is 44.9 Å². The van der Waals surface area contributed by atoms with Crippen LogP contribution in [-0.4, -0.2) is 41.3 Å². The van der Waals surface area contributed by atoms with E-state index in [1.165, 1.54) is 33.3 Å². The fraction of sp³-hybridized carbons (Fsp3) is 0.333.